The first-order chi connectivity index (χ1) is 19.3. The maximum atomic E-state index is 13.9. The lowest BCUT2D eigenvalue weighted by Gasteiger charge is -2.17. The molecule has 0 unspecified atom stereocenters. The fraction of sp³-hybridized carbons (Fsp3) is 0.333. The van der Waals surface area contributed by atoms with Crippen molar-refractivity contribution in [1.82, 2.24) is 24.4 Å². The summed E-state index contributed by atoms with van der Waals surface area (Å²) in [6.45, 7) is 3.44. The highest BCUT2D eigenvalue weighted by Crippen LogP contribution is 2.37. The fourth-order valence-electron chi connectivity index (χ4n) is 5.13. The van der Waals surface area contributed by atoms with Gasteiger partial charge in [0.1, 0.15) is 11.9 Å². The quantitative estimate of drug-likeness (QED) is 0.280. The van der Waals surface area contributed by atoms with Crippen molar-refractivity contribution in [2.75, 3.05) is 26.8 Å². The van der Waals surface area contributed by atoms with Crippen LogP contribution in [0, 0.1) is 18.8 Å². The standard InChI is InChI=1S/C30H32FN5O4/c1-20-26(36(24-7-5-4-6-8-24)33-29(20)21-10-12-34(2)28(38)17-21)18-25(37)15-23-19-35(13-14-39-3)40-30(23)22-9-11-32-27(31)16-22/h4-12,16-17,23,30H,13-15,18-19H2,1-3H3/t23-,30+/m1/s1. The Morgan fingerprint density at radius 2 is 1.98 bits per heavy atom. The van der Waals surface area contributed by atoms with Gasteiger partial charge in [-0.3, -0.25) is 14.4 Å². The largest absolute Gasteiger partial charge is 0.383 e. The number of aromatic nitrogens is 4. The number of hydroxylamine groups is 2. The van der Waals surface area contributed by atoms with Crippen molar-refractivity contribution < 1.29 is 18.8 Å². The number of ether oxygens (including phenoxy) is 1. The van der Waals surface area contributed by atoms with Gasteiger partial charge in [0.25, 0.3) is 5.56 Å². The molecule has 208 valence electrons. The SMILES string of the molecule is COCCN1C[C@@H](CC(=O)Cc2c(C)c(-c3ccn(C)c(=O)c3)nn2-c2ccccc2)[C@H](c2ccnc(F)c2)O1. The smallest absolute Gasteiger partial charge is 0.250 e. The van der Waals surface area contributed by atoms with E-state index in [9.17, 15) is 14.0 Å². The number of Topliss-reactive ketones (excluding diaryl/α,β-unsaturated/α-hetero) is 1. The predicted octanol–water partition coefficient (Wildman–Crippen LogP) is 3.83. The number of ketones is 1. The van der Waals surface area contributed by atoms with Crippen molar-refractivity contribution in [3.8, 4) is 16.9 Å². The van der Waals surface area contributed by atoms with Crippen LogP contribution in [0.5, 0.6) is 0 Å². The third kappa shape index (κ3) is 5.94. The molecule has 0 amide bonds. The van der Waals surface area contributed by atoms with Crippen molar-refractivity contribution in [3.05, 3.63) is 100 Å². The molecule has 2 atom stereocenters. The first-order valence-corrected chi connectivity index (χ1v) is 13.2. The first kappa shape index (κ1) is 27.6. The fourth-order valence-corrected chi connectivity index (χ4v) is 5.13. The lowest BCUT2D eigenvalue weighted by atomic mass is 9.91. The van der Waals surface area contributed by atoms with Crippen molar-refractivity contribution in [3.63, 3.8) is 0 Å². The molecule has 1 aliphatic rings. The molecule has 0 radical (unpaired) electrons. The molecule has 40 heavy (non-hydrogen) atoms. The van der Waals surface area contributed by atoms with Crippen molar-refractivity contribution in [2.45, 2.75) is 25.9 Å². The molecule has 1 aliphatic heterocycles. The molecule has 1 saturated heterocycles. The Hall–Kier alpha value is -3.99. The van der Waals surface area contributed by atoms with Gasteiger partial charge < -0.3 is 9.30 Å². The summed E-state index contributed by atoms with van der Waals surface area (Å²) < 4.78 is 22.4. The lowest BCUT2D eigenvalue weighted by Crippen LogP contribution is -2.24. The summed E-state index contributed by atoms with van der Waals surface area (Å²) in [6, 6.07) is 16.1. The number of pyridine rings is 2. The van der Waals surface area contributed by atoms with Crippen LogP contribution in [0.25, 0.3) is 16.9 Å². The van der Waals surface area contributed by atoms with E-state index in [1.54, 1.807) is 42.2 Å². The Kier molecular flexibility index (Phi) is 8.29. The molecule has 9 nitrogen and oxygen atoms in total. The Morgan fingerprint density at radius 3 is 2.70 bits per heavy atom. The number of methoxy groups -OCH3 is 1. The minimum absolute atomic E-state index is 0.0115. The maximum Gasteiger partial charge on any atom is 0.250 e. The Balaban J connectivity index is 1.44. The van der Waals surface area contributed by atoms with E-state index < -0.39 is 12.1 Å². The van der Waals surface area contributed by atoms with Crippen LogP contribution < -0.4 is 5.56 Å². The zero-order chi connectivity index (χ0) is 28.2. The second-order valence-electron chi connectivity index (χ2n) is 10.0. The zero-order valence-electron chi connectivity index (χ0n) is 22.8. The van der Waals surface area contributed by atoms with E-state index in [4.69, 9.17) is 14.7 Å². The monoisotopic (exact) mass is 545 g/mol. The molecule has 0 N–H and O–H groups in total. The number of carbonyl (C=O) groups excluding carboxylic acids is 1. The van der Waals surface area contributed by atoms with Crippen LogP contribution in [0.15, 0.2) is 71.8 Å². The number of halogens is 1. The highest BCUT2D eigenvalue weighted by Gasteiger charge is 2.37. The lowest BCUT2D eigenvalue weighted by molar-refractivity contribution is -0.155. The normalized spacial score (nSPS) is 17.4. The average Bonchev–Trinajstić information content (AvgIpc) is 3.50. The molecule has 0 bridgehead atoms. The van der Waals surface area contributed by atoms with Gasteiger partial charge in [0.2, 0.25) is 5.95 Å². The summed E-state index contributed by atoms with van der Waals surface area (Å²) in [5, 5.41) is 6.62. The minimum atomic E-state index is -0.591. The van der Waals surface area contributed by atoms with Crippen LogP contribution >= 0.6 is 0 Å². The Labute approximate surface area is 231 Å². The van der Waals surface area contributed by atoms with Gasteiger partial charge in [0, 0.05) is 70.0 Å². The van der Waals surface area contributed by atoms with Gasteiger partial charge in [0.15, 0.2) is 0 Å². The molecular formula is C30H32FN5O4. The van der Waals surface area contributed by atoms with E-state index in [0.29, 0.717) is 36.5 Å². The highest BCUT2D eigenvalue weighted by atomic mass is 19.1. The number of nitrogens with zero attached hydrogens (tertiary/aromatic N) is 5. The predicted molar refractivity (Wildman–Crippen MR) is 147 cm³/mol. The van der Waals surface area contributed by atoms with Crippen molar-refractivity contribution in [1.29, 1.82) is 0 Å². The molecule has 4 aromatic rings. The van der Waals surface area contributed by atoms with Crippen LogP contribution in [-0.4, -0.2) is 57.0 Å². The number of hydrogen-bond acceptors (Lipinski definition) is 7. The van der Waals surface area contributed by atoms with Crippen LogP contribution in [-0.2, 0) is 27.8 Å². The van der Waals surface area contributed by atoms with E-state index in [-0.39, 0.29) is 30.1 Å². The summed E-state index contributed by atoms with van der Waals surface area (Å²) >= 11 is 0. The van der Waals surface area contributed by atoms with Crippen LogP contribution in [0.4, 0.5) is 4.39 Å². The summed E-state index contributed by atoms with van der Waals surface area (Å²) in [4.78, 5) is 35.8. The number of aryl methyl sites for hydroxylation is 1. The topological polar surface area (TPSA) is 91.5 Å². The molecule has 0 saturated carbocycles. The second-order valence-corrected chi connectivity index (χ2v) is 10.0. The van der Waals surface area contributed by atoms with E-state index in [2.05, 4.69) is 4.98 Å². The summed E-state index contributed by atoms with van der Waals surface area (Å²) in [5.41, 5.74) is 4.27. The molecule has 10 heteroatoms. The van der Waals surface area contributed by atoms with Gasteiger partial charge in [-0.1, -0.05) is 18.2 Å². The van der Waals surface area contributed by atoms with E-state index in [0.717, 1.165) is 16.9 Å². The molecular weight excluding hydrogens is 513 g/mol. The molecule has 0 aliphatic carbocycles. The molecule has 3 aromatic heterocycles. The van der Waals surface area contributed by atoms with Crippen LogP contribution in [0.3, 0.4) is 0 Å². The van der Waals surface area contributed by atoms with Gasteiger partial charge in [-0.25, -0.2) is 9.67 Å². The van der Waals surface area contributed by atoms with Gasteiger partial charge in [-0.2, -0.15) is 14.6 Å². The van der Waals surface area contributed by atoms with Crippen LogP contribution in [0.1, 0.15) is 29.3 Å². The highest BCUT2D eigenvalue weighted by molar-refractivity contribution is 5.82. The van der Waals surface area contributed by atoms with Crippen molar-refractivity contribution >= 4 is 5.78 Å². The maximum absolute atomic E-state index is 13.9. The number of benzene rings is 1. The molecule has 1 aromatic carbocycles. The van der Waals surface area contributed by atoms with E-state index in [1.165, 1.54) is 16.8 Å². The molecule has 1 fully saturated rings. The number of carbonyl (C=O) groups is 1. The van der Waals surface area contributed by atoms with Gasteiger partial charge in [0.05, 0.1) is 23.7 Å². The number of hydrogen-bond donors (Lipinski definition) is 0. The first-order valence-electron chi connectivity index (χ1n) is 13.2. The second kappa shape index (κ2) is 12.0. The van der Waals surface area contributed by atoms with Crippen molar-refractivity contribution in [2.24, 2.45) is 13.0 Å². The van der Waals surface area contributed by atoms with E-state index in [1.807, 2.05) is 43.3 Å². The summed E-state index contributed by atoms with van der Waals surface area (Å²) in [7, 11) is 3.31. The molecule has 4 heterocycles. The molecule has 5 rings (SSSR count). The Morgan fingerprint density at radius 1 is 1.18 bits per heavy atom. The van der Waals surface area contributed by atoms with E-state index >= 15 is 0 Å². The third-order valence-electron chi connectivity index (χ3n) is 7.23. The van der Waals surface area contributed by atoms with Gasteiger partial charge in [-0.05, 0) is 48.4 Å². The minimum Gasteiger partial charge on any atom is -0.383 e. The summed E-state index contributed by atoms with van der Waals surface area (Å²) in [5.74, 6) is -0.763. The Bertz CT molecular complexity index is 1550. The number of rotatable bonds is 10. The van der Waals surface area contributed by atoms with Gasteiger partial charge >= 0.3 is 0 Å². The van der Waals surface area contributed by atoms with Gasteiger partial charge in [-0.15, -0.1) is 0 Å². The number of para-hydroxylation sites is 1. The zero-order valence-corrected chi connectivity index (χ0v) is 22.8. The third-order valence-corrected chi connectivity index (χ3v) is 7.23. The molecule has 0 spiro atoms. The van der Waals surface area contributed by atoms with Crippen LogP contribution in [0.2, 0.25) is 0 Å². The average molecular weight is 546 g/mol. The summed E-state index contributed by atoms with van der Waals surface area (Å²) in [6.07, 6.45) is 3.02.